The molecular formula is C10H18B. The van der Waals surface area contributed by atoms with Gasteiger partial charge in [-0.05, 0) is 0 Å². The average Bonchev–Trinajstić information content (AvgIpc) is 1.86. The van der Waals surface area contributed by atoms with Crippen LogP contribution >= 0.6 is 0 Å². The predicted molar refractivity (Wildman–Crippen MR) is 52.2 cm³/mol. The molecule has 1 heteroatoms. The predicted octanol–water partition coefficient (Wildman–Crippen LogP) is 2.56. The molecule has 0 aromatic rings. The molecule has 0 atom stereocenters. The molecule has 11 heavy (non-hydrogen) atoms. The van der Waals surface area contributed by atoms with Crippen LogP contribution in [-0.2, 0) is 0 Å². The molecule has 0 nitrogen and oxygen atoms in total. The van der Waals surface area contributed by atoms with Crippen molar-refractivity contribution in [2.24, 2.45) is 11.3 Å². The summed E-state index contributed by atoms with van der Waals surface area (Å²) in [5, 5.41) is 0. The molecule has 1 aliphatic rings. The van der Waals surface area contributed by atoms with E-state index in [2.05, 4.69) is 20.8 Å². The zero-order valence-corrected chi connectivity index (χ0v) is 7.98. The van der Waals surface area contributed by atoms with Gasteiger partial charge in [0, 0.05) is 0 Å². The molecule has 0 bridgehead atoms. The van der Waals surface area contributed by atoms with Crippen LogP contribution in [0.15, 0.2) is 0 Å². The van der Waals surface area contributed by atoms with E-state index in [1.54, 1.807) is 0 Å². The molecule has 1 radical (unpaired) electrons. The van der Waals surface area contributed by atoms with Gasteiger partial charge in [-0.3, -0.25) is 0 Å². The van der Waals surface area contributed by atoms with Crippen molar-refractivity contribution in [2.75, 3.05) is 0 Å². The number of rotatable bonds is 0. The van der Waals surface area contributed by atoms with Crippen LogP contribution in [0.5, 0.6) is 0 Å². The molecule has 1 fully saturated rings. The van der Waals surface area contributed by atoms with Gasteiger partial charge >= 0.3 is 70.7 Å². The van der Waals surface area contributed by atoms with Crippen LogP contribution in [0.25, 0.3) is 0 Å². The molecule has 0 unspecified atom stereocenters. The molecule has 0 heterocycles. The summed E-state index contributed by atoms with van der Waals surface area (Å²) in [5.41, 5.74) is 1.70. The Hall–Kier alpha value is -0.0651. The number of hydrogen-bond donors (Lipinski definition) is 0. The van der Waals surface area contributed by atoms with Gasteiger partial charge in [0.1, 0.15) is 0 Å². The summed E-state index contributed by atoms with van der Waals surface area (Å²) in [6.45, 7) is 7.00. The molecule has 0 aromatic carbocycles. The van der Waals surface area contributed by atoms with E-state index in [1.807, 2.05) is 0 Å². The van der Waals surface area contributed by atoms with E-state index in [4.69, 9.17) is 7.49 Å². The van der Waals surface area contributed by atoms with E-state index in [1.165, 1.54) is 18.3 Å². The van der Waals surface area contributed by atoms with Gasteiger partial charge in [-0.1, -0.05) is 0 Å². The van der Waals surface area contributed by atoms with Gasteiger partial charge in [0.2, 0.25) is 0 Å². The molecule has 61 valence electrons. The fourth-order valence-electron chi connectivity index (χ4n) is 1.85. The van der Waals surface area contributed by atoms with Crippen LogP contribution in [0.3, 0.4) is 0 Å². The van der Waals surface area contributed by atoms with Crippen LogP contribution in [-0.4, -0.2) is 13.0 Å². The van der Waals surface area contributed by atoms with Gasteiger partial charge in [-0.2, -0.15) is 0 Å². The van der Waals surface area contributed by atoms with Crippen molar-refractivity contribution in [3.8, 4) is 0 Å². The first-order valence-corrected chi connectivity index (χ1v) is 4.60. The first kappa shape index (κ1) is 9.03. The summed E-state index contributed by atoms with van der Waals surface area (Å²) in [4.78, 5) is 0. The Morgan fingerprint density at radius 2 is 1.64 bits per heavy atom. The van der Waals surface area contributed by atoms with Gasteiger partial charge in [-0.25, -0.2) is 0 Å². The summed E-state index contributed by atoms with van der Waals surface area (Å²) < 4.78 is 0. The zero-order valence-electron chi connectivity index (χ0n) is 7.98. The standard InChI is InChI=1S/C10H18B/c1-10(2,3)8-4-6-9(11)7-5-8/h8H,4-7H2,1-3H3. The molecule has 0 aliphatic heterocycles. The maximum absolute atomic E-state index is 5.76. The van der Waals surface area contributed by atoms with Gasteiger partial charge < -0.3 is 0 Å². The van der Waals surface area contributed by atoms with Crippen molar-refractivity contribution in [3.05, 3.63) is 0 Å². The van der Waals surface area contributed by atoms with Crippen molar-refractivity contribution in [1.82, 2.24) is 0 Å². The zero-order chi connectivity index (χ0) is 8.48. The molecule has 0 aromatic heterocycles. The van der Waals surface area contributed by atoms with Gasteiger partial charge in [-0.15, -0.1) is 0 Å². The minimum absolute atomic E-state index is 0.487. The van der Waals surface area contributed by atoms with Crippen LogP contribution < -0.4 is 0 Å². The minimum atomic E-state index is 0.487. The molecule has 0 N–H and O–H groups in total. The second kappa shape index (κ2) is 3.12. The van der Waals surface area contributed by atoms with Gasteiger partial charge in [0.05, 0.1) is 0 Å². The van der Waals surface area contributed by atoms with Crippen LogP contribution in [0.1, 0.15) is 46.5 Å². The third kappa shape index (κ3) is 2.46. The third-order valence-electron chi connectivity index (χ3n) is 2.85. The first-order valence-electron chi connectivity index (χ1n) is 4.60. The Balaban J connectivity index is 2.45. The topological polar surface area (TPSA) is 0 Å². The molecule has 1 rings (SSSR count). The third-order valence-corrected chi connectivity index (χ3v) is 2.85. The maximum atomic E-state index is 5.76. The van der Waals surface area contributed by atoms with Gasteiger partial charge in [0.25, 0.3) is 0 Å². The monoisotopic (exact) mass is 149 g/mol. The molecule has 1 saturated carbocycles. The van der Waals surface area contributed by atoms with Crippen molar-refractivity contribution in [1.29, 1.82) is 0 Å². The fraction of sp³-hybridized carbons (Fsp3) is 0.900. The molecule has 0 spiro atoms. The van der Waals surface area contributed by atoms with E-state index in [-0.39, 0.29) is 0 Å². The second-order valence-electron chi connectivity index (χ2n) is 4.80. The van der Waals surface area contributed by atoms with E-state index >= 15 is 0 Å². The van der Waals surface area contributed by atoms with Crippen LogP contribution in [0.4, 0.5) is 0 Å². The van der Waals surface area contributed by atoms with Crippen molar-refractivity contribution >= 4 is 13.0 Å². The Bertz CT molecular complexity index is 143. The van der Waals surface area contributed by atoms with E-state index in [0.29, 0.717) is 5.41 Å². The van der Waals surface area contributed by atoms with Crippen molar-refractivity contribution in [2.45, 2.75) is 46.5 Å². The summed E-state index contributed by atoms with van der Waals surface area (Å²) in [6, 6.07) is 0. The number of hydrogen-bond acceptors (Lipinski definition) is 0. The van der Waals surface area contributed by atoms with Crippen LogP contribution in [0.2, 0.25) is 0 Å². The van der Waals surface area contributed by atoms with Crippen molar-refractivity contribution < 1.29 is 0 Å². The van der Waals surface area contributed by atoms with Crippen LogP contribution in [0, 0.1) is 11.3 Å². The summed E-state index contributed by atoms with van der Waals surface area (Å²) in [6.07, 6.45) is 4.91. The Morgan fingerprint density at radius 1 is 1.18 bits per heavy atom. The van der Waals surface area contributed by atoms with E-state index in [0.717, 1.165) is 18.8 Å². The Labute approximate surface area is 71.5 Å². The fourth-order valence-corrected chi connectivity index (χ4v) is 1.85. The summed E-state index contributed by atoms with van der Waals surface area (Å²) >= 11 is 0. The normalized spacial score (nSPS) is 22.2. The molecule has 0 saturated heterocycles. The first-order chi connectivity index (χ1) is 5.00. The second-order valence-corrected chi connectivity index (χ2v) is 4.80. The SMILES string of the molecule is [B]=C1CCC(C(C)(C)C)CC1. The average molecular weight is 149 g/mol. The van der Waals surface area contributed by atoms with E-state index < -0.39 is 0 Å². The summed E-state index contributed by atoms with van der Waals surface area (Å²) in [7, 11) is 5.76. The molecule has 0 amide bonds. The summed E-state index contributed by atoms with van der Waals surface area (Å²) in [5.74, 6) is 0.884. The van der Waals surface area contributed by atoms with E-state index in [9.17, 15) is 0 Å². The molecule has 1 aliphatic carbocycles. The quantitative estimate of drug-likeness (QED) is 0.464. The Morgan fingerprint density at radius 3 is 2.00 bits per heavy atom. The van der Waals surface area contributed by atoms with Gasteiger partial charge in [0.15, 0.2) is 0 Å². The van der Waals surface area contributed by atoms with Crippen molar-refractivity contribution in [3.63, 3.8) is 0 Å². The molecular weight excluding hydrogens is 131 g/mol. The Kier molecular flexibility index (Phi) is 2.56.